The molecule has 1 aliphatic rings. The third-order valence-electron chi connectivity index (χ3n) is 4.84. The van der Waals surface area contributed by atoms with Gasteiger partial charge in [0.1, 0.15) is 18.1 Å². The molecule has 0 unspecified atom stereocenters. The fourth-order valence-corrected chi connectivity index (χ4v) is 3.55. The Labute approximate surface area is 188 Å². The quantitative estimate of drug-likeness (QED) is 0.549. The summed E-state index contributed by atoms with van der Waals surface area (Å²) in [4.78, 5) is 26.7. The molecule has 0 aromatic heterocycles. The predicted octanol–water partition coefficient (Wildman–Crippen LogP) is 4.81. The molecule has 0 saturated carbocycles. The fraction of sp³-hybridized carbons (Fsp3) is 0.167. The molecule has 2 amide bonds. The van der Waals surface area contributed by atoms with Crippen LogP contribution in [-0.2, 0) is 4.79 Å². The van der Waals surface area contributed by atoms with Crippen LogP contribution < -0.4 is 19.7 Å². The summed E-state index contributed by atoms with van der Waals surface area (Å²) in [6.07, 6.45) is 0. The van der Waals surface area contributed by atoms with Gasteiger partial charge >= 0.3 is 0 Å². The Kier molecular flexibility index (Phi) is 6.23. The van der Waals surface area contributed by atoms with E-state index in [4.69, 9.17) is 9.47 Å². The lowest BCUT2D eigenvalue weighted by atomic mass is 10.2. The molecule has 6 nitrogen and oxygen atoms in total. The van der Waals surface area contributed by atoms with Crippen LogP contribution in [-0.4, -0.2) is 31.6 Å². The number of hydrogen-bond donors (Lipinski definition) is 1. The summed E-state index contributed by atoms with van der Waals surface area (Å²) in [6, 6.07) is 20.1. The maximum atomic E-state index is 12.5. The molecule has 0 spiro atoms. The standard InChI is InChI=1S/C24H21BrN2O4/c1-16-3-2-4-20(13-16)30-12-11-27-21-14-19(9-10-22(21)31-15-23(27)28)26-24(29)17-5-7-18(25)8-6-17/h2-10,13-14H,11-12,15H2,1H3,(H,26,29). The fourth-order valence-electron chi connectivity index (χ4n) is 3.29. The number of halogens is 1. The van der Waals surface area contributed by atoms with Crippen LogP contribution in [0.15, 0.2) is 71.2 Å². The zero-order valence-corrected chi connectivity index (χ0v) is 18.5. The Morgan fingerprint density at radius 1 is 1.13 bits per heavy atom. The summed E-state index contributed by atoms with van der Waals surface area (Å²) < 4.78 is 12.3. The van der Waals surface area contributed by atoms with E-state index in [0.717, 1.165) is 15.8 Å². The largest absolute Gasteiger partial charge is 0.492 e. The highest BCUT2D eigenvalue weighted by Gasteiger charge is 2.26. The van der Waals surface area contributed by atoms with Gasteiger partial charge in [-0.3, -0.25) is 9.59 Å². The van der Waals surface area contributed by atoms with Crippen molar-refractivity contribution in [3.05, 3.63) is 82.3 Å². The van der Waals surface area contributed by atoms with E-state index in [1.165, 1.54) is 0 Å². The van der Waals surface area contributed by atoms with Crippen molar-refractivity contribution in [2.75, 3.05) is 30.0 Å². The molecule has 0 bridgehead atoms. The Balaban J connectivity index is 1.47. The van der Waals surface area contributed by atoms with Crippen molar-refractivity contribution in [2.45, 2.75) is 6.92 Å². The van der Waals surface area contributed by atoms with Crippen LogP contribution in [0.25, 0.3) is 0 Å². The third kappa shape index (κ3) is 5.06. The molecule has 4 rings (SSSR count). The van der Waals surface area contributed by atoms with Crippen LogP contribution >= 0.6 is 15.9 Å². The topological polar surface area (TPSA) is 67.9 Å². The lowest BCUT2D eigenvalue weighted by Crippen LogP contribution is -2.41. The Morgan fingerprint density at radius 2 is 1.94 bits per heavy atom. The zero-order chi connectivity index (χ0) is 21.8. The van der Waals surface area contributed by atoms with Crippen molar-refractivity contribution in [3.63, 3.8) is 0 Å². The number of carbonyl (C=O) groups is 2. The van der Waals surface area contributed by atoms with Crippen molar-refractivity contribution in [1.29, 1.82) is 0 Å². The number of nitrogens with zero attached hydrogens (tertiary/aromatic N) is 1. The summed E-state index contributed by atoms with van der Waals surface area (Å²) in [5.41, 5.74) is 2.83. The highest BCUT2D eigenvalue weighted by Crippen LogP contribution is 2.34. The van der Waals surface area contributed by atoms with E-state index in [0.29, 0.717) is 35.8 Å². The van der Waals surface area contributed by atoms with Gasteiger partial charge in [-0.05, 0) is 67.1 Å². The highest BCUT2D eigenvalue weighted by atomic mass is 79.9. The second-order valence-electron chi connectivity index (χ2n) is 7.14. The average molecular weight is 481 g/mol. The first-order valence-corrected chi connectivity index (χ1v) is 10.6. The van der Waals surface area contributed by atoms with Crippen molar-refractivity contribution in [3.8, 4) is 11.5 Å². The number of aryl methyl sites for hydroxylation is 1. The molecule has 31 heavy (non-hydrogen) atoms. The molecule has 0 aliphatic carbocycles. The number of anilines is 2. The van der Waals surface area contributed by atoms with Gasteiger partial charge in [-0.2, -0.15) is 0 Å². The lowest BCUT2D eigenvalue weighted by molar-refractivity contribution is -0.121. The minimum absolute atomic E-state index is 0.0258. The van der Waals surface area contributed by atoms with Crippen LogP contribution in [0, 0.1) is 6.92 Å². The summed E-state index contributed by atoms with van der Waals surface area (Å²) in [5.74, 6) is 0.967. The van der Waals surface area contributed by atoms with Gasteiger partial charge in [-0.15, -0.1) is 0 Å². The minimum Gasteiger partial charge on any atom is -0.492 e. The average Bonchev–Trinajstić information content (AvgIpc) is 2.76. The van der Waals surface area contributed by atoms with E-state index in [1.807, 2.05) is 43.3 Å². The number of nitrogens with one attached hydrogen (secondary N) is 1. The van der Waals surface area contributed by atoms with Gasteiger partial charge in [-0.1, -0.05) is 28.1 Å². The Bertz CT molecular complexity index is 1110. The Hall–Kier alpha value is -3.32. The second-order valence-corrected chi connectivity index (χ2v) is 8.06. The number of carbonyl (C=O) groups excluding carboxylic acids is 2. The predicted molar refractivity (Wildman–Crippen MR) is 123 cm³/mol. The molecule has 0 saturated heterocycles. The molecule has 3 aromatic carbocycles. The van der Waals surface area contributed by atoms with Gasteiger partial charge in [0.05, 0.1) is 12.2 Å². The van der Waals surface area contributed by atoms with Gasteiger partial charge in [0.15, 0.2) is 6.61 Å². The van der Waals surface area contributed by atoms with Crippen LogP contribution in [0.4, 0.5) is 11.4 Å². The molecular weight excluding hydrogens is 460 g/mol. The van der Waals surface area contributed by atoms with Crippen LogP contribution in [0.2, 0.25) is 0 Å². The van der Waals surface area contributed by atoms with Gasteiger partial charge in [-0.25, -0.2) is 0 Å². The normalized spacial score (nSPS) is 12.7. The van der Waals surface area contributed by atoms with E-state index in [2.05, 4.69) is 21.2 Å². The van der Waals surface area contributed by atoms with Crippen molar-refractivity contribution >= 4 is 39.1 Å². The first kappa shape index (κ1) is 20.9. The monoisotopic (exact) mass is 480 g/mol. The van der Waals surface area contributed by atoms with Gasteiger partial charge in [0.2, 0.25) is 0 Å². The summed E-state index contributed by atoms with van der Waals surface area (Å²) in [6.45, 7) is 2.68. The smallest absolute Gasteiger partial charge is 0.265 e. The maximum Gasteiger partial charge on any atom is 0.265 e. The third-order valence-corrected chi connectivity index (χ3v) is 5.37. The van der Waals surface area contributed by atoms with Gasteiger partial charge < -0.3 is 19.7 Å². The number of ether oxygens (including phenoxy) is 2. The lowest BCUT2D eigenvalue weighted by Gasteiger charge is -2.29. The molecule has 0 radical (unpaired) electrons. The first-order valence-electron chi connectivity index (χ1n) is 9.83. The first-order chi connectivity index (χ1) is 15.0. The van der Waals surface area contributed by atoms with Crippen molar-refractivity contribution in [2.24, 2.45) is 0 Å². The summed E-state index contributed by atoms with van der Waals surface area (Å²) in [7, 11) is 0. The number of amides is 2. The summed E-state index contributed by atoms with van der Waals surface area (Å²) >= 11 is 3.36. The molecule has 1 N–H and O–H groups in total. The number of benzene rings is 3. The van der Waals surface area contributed by atoms with Crippen LogP contribution in [0.5, 0.6) is 11.5 Å². The second kappa shape index (κ2) is 9.22. The van der Waals surface area contributed by atoms with Crippen LogP contribution in [0.3, 0.4) is 0 Å². The number of hydrogen-bond acceptors (Lipinski definition) is 4. The molecule has 0 fully saturated rings. The zero-order valence-electron chi connectivity index (χ0n) is 16.9. The maximum absolute atomic E-state index is 12.5. The van der Waals surface area contributed by atoms with E-state index < -0.39 is 0 Å². The van der Waals surface area contributed by atoms with E-state index >= 15 is 0 Å². The molecule has 7 heteroatoms. The molecule has 1 heterocycles. The number of fused-ring (bicyclic) bond motifs is 1. The minimum atomic E-state index is -0.232. The molecule has 0 atom stereocenters. The van der Waals surface area contributed by atoms with E-state index in [9.17, 15) is 9.59 Å². The Morgan fingerprint density at radius 3 is 2.71 bits per heavy atom. The van der Waals surface area contributed by atoms with Crippen LogP contribution in [0.1, 0.15) is 15.9 Å². The van der Waals surface area contributed by atoms with Gasteiger partial charge in [0, 0.05) is 15.7 Å². The van der Waals surface area contributed by atoms with Crippen molar-refractivity contribution < 1.29 is 19.1 Å². The molecular formula is C24H21BrN2O4. The highest BCUT2D eigenvalue weighted by molar-refractivity contribution is 9.10. The van der Waals surface area contributed by atoms with Crippen molar-refractivity contribution in [1.82, 2.24) is 0 Å². The SMILES string of the molecule is Cc1cccc(OCCN2C(=O)COc3ccc(NC(=O)c4ccc(Br)cc4)cc32)c1. The summed E-state index contributed by atoms with van der Waals surface area (Å²) in [5, 5.41) is 2.87. The molecule has 1 aliphatic heterocycles. The van der Waals surface area contributed by atoms with Gasteiger partial charge in [0.25, 0.3) is 11.8 Å². The molecule has 158 valence electrons. The van der Waals surface area contributed by atoms with E-state index in [-0.39, 0.29) is 18.4 Å². The molecule has 3 aromatic rings. The number of rotatable bonds is 6. The van der Waals surface area contributed by atoms with E-state index in [1.54, 1.807) is 35.2 Å².